The van der Waals surface area contributed by atoms with Crippen LogP contribution in [0.3, 0.4) is 0 Å². The average Bonchev–Trinajstić information content (AvgIpc) is 3.47. The molecular formula is C22H30N4O7. The summed E-state index contributed by atoms with van der Waals surface area (Å²) in [6.07, 6.45) is 3.56. The van der Waals surface area contributed by atoms with Crippen LogP contribution in [-0.2, 0) is 23.9 Å². The number of piperidine rings is 1. The number of nitrogens with zero attached hydrogens (tertiary/aromatic N) is 2. The molecule has 2 fully saturated rings. The van der Waals surface area contributed by atoms with E-state index < -0.39 is 23.8 Å². The van der Waals surface area contributed by atoms with Crippen molar-refractivity contribution in [1.82, 2.24) is 20.4 Å². The summed E-state index contributed by atoms with van der Waals surface area (Å²) < 4.78 is 9.70. The molecule has 2 saturated heterocycles. The molecule has 0 saturated carbocycles. The Morgan fingerprint density at radius 1 is 1.09 bits per heavy atom. The lowest BCUT2D eigenvalue weighted by Crippen LogP contribution is -2.48. The van der Waals surface area contributed by atoms with Crippen LogP contribution in [0.2, 0.25) is 0 Å². The van der Waals surface area contributed by atoms with Crippen LogP contribution in [0.1, 0.15) is 43.2 Å². The first-order valence-electron chi connectivity index (χ1n) is 11.0. The van der Waals surface area contributed by atoms with Gasteiger partial charge in [0.05, 0.1) is 26.3 Å². The second-order valence-corrected chi connectivity index (χ2v) is 8.59. The SMILES string of the molecule is COC(=O)C(CC(=O)N1CCC2(CCN(C(=O)CNC(=O)c3ccco3)CC2)C1)NC(C)=O. The molecule has 1 unspecified atom stereocenters. The summed E-state index contributed by atoms with van der Waals surface area (Å²) in [6, 6.07) is 2.12. The largest absolute Gasteiger partial charge is 0.467 e. The summed E-state index contributed by atoms with van der Waals surface area (Å²) >= 11 is 0. The van der Waals surface area contributed by atoms with Gasteiger partial charge in [-0.1, -0.05) is 0 Å². The van der Waals surface area contributed by atoms with Crippen molar-refractivity contribution in [3.63, 3.8) is 0 Å². The maximum absolute atomic E-state index is 12.8. The molecule has 1 aromatic heterocycles. The first-order valence-corrected chi connectivity index (χ1v) is 11.0. The van der Waals surface area contributed by atoms with Gasteiger partial charge in [-0.05, 0) is 36.8 Å². The standard InChI is InChI=1S/C22H30N4O7/c1-15(27)24-16(21(31)32-2)12-18(28)26-10-7-22(14-26)5-8-25(9-6-22)19(29)13-23-20(30)17-4-3-11-33-17/h3-4,11,16H,5-10,12-14H2,1-2H3,(H,23,30)(H,24,27). The number of nitrogens with one attached hydrogen (secondary N) is 2. The lowest BCUT2D eigenvalue weighted by molar-refractivity contribution is -0.147. The van der Waals surface area contributed by atoms with Gasteiger partial charge in [0.25, 0.3) is 5.91 Å². The van der Waals surface area contributed by atoms with Gasteiger partial charge in [0.1, 0.15) is 6.04 Å². The van der Waals surface area contributed by atoms with Gasteiger partial charge in [-0.2, -0.15) is 0 Å². The van der Waals surface area contributed by atoms with E-state index in [0.29, 0.717) is 26.2 Å². The fraction of sp³-hybridized carbons (Fsp3) is 0.591. The van der Waals surface area contributed by atoms with Crippen molar-refractivity contribution in [2.45, 2.75) is 38.6 Å². The molecule has 3 heterocycles. The number of amides is 4. The normalized spacial score (nSPS) is 18.0. The Hall–Kier alpha value is -3.37. The van der Waals surface area contributed by atoms with E-state index in [2.05, 4.69) is 15.4 Å². The van der Waals surface area contributed by atoms with E-state index in [0.717, 1.165) is 19.3 Å². The van der Waals surface area contributed by atoms with Crippen molar-refractivity contribution in [3.8, 4) is 0 Å². The Balaban J connectivity index is 1.46. The van der Waals surface area contributed by atoms with Crippen molar-refractivity contribution >= 4 is 29.6 Å². The molecule has 4 amide bonds. The van der Waals surface area contributed by atoms with Gasteiger partial charge in [0, 0.05) is 33.1 Å². The summed E-state index contributed by atoms with van der Waals surface area (Å²) in [7, 11) is 1.21. The second-order valence-electron chi connectivity index (χ2n) is 8.59. The monoisotopic (exact) mass is 462 g/mol. The number of esters is 1. The maximum Gasteiger partial charge on any atom is 0.328 e. The lowest BCUT2D eigenvalue weighted by Gasteiger charge is -2.39. The Labute approximate surface area is 191 Å². The predicted octanol–water partition coefficient (Wildman–Crippen LogP) is -0.0817. The van der Waals surface area contributed by atoms with E-state index in [1.165, 1.54) is 26.4 Å². The Morgan fingerprint density at radius 3 is 2.33 bits per heavy atom. The number of hydrogen-bond acceptors (Lipinski definition) is 7. The molecule has 11 nitrogen and oxygen atoms in total. The molecule has 2 aliphatic rings. The highest BCUT2D eigenvalue weighted by Crippen LogP contribution is 2.40. The maximum atomic E-state index is 12.8. The van der Waals surface area contributed by atoms with Crippen molar-refractivity contribution in [1.29, 1.82) is 0 Å². The first-order chi connectivity index (χ1) is 15.7. The van der Waals surface area contributed by atoms with Gasteiger partial charge in [-0.25, -0.2) is 4.79 Å². The third-order valence-electron chi connectivity index (χ3n) is 6.35. The van der Waals surface area contributed by atoms with E-state index in [4.69, 9.17) is 4.42 Å². The van der Waals surface area contributed by atoms with Crippen molar-refractivity contribution in [2.75, 3.05) is 39.8 Å². The van der Waals surface area contributed by atoms with E-state index >= 15 is 0 Å². The molecule has 3 rings (SSSR count). The third-order valence-corrected chi connectivity index (χ3v) is 6.35. The van der Waals surface area contributed by atoms with Gasteiger partial charge in [0.15, 0.2) is 5.76 Å². The van der Waals surface area contributed by atoms with Gasteiger partial charge in [0.2, 0.25) is 17.7 Å². The number of likely N-dealkylation sites (tertiary alicyclic amines) is 2. The van der Waals surface area contributed by atoms with E-state index in [1.54, 1.807) is 15.9 Å². The zero-order valence-corrected chi connectivity index (χ0v) is 18.9. The molecule has 1 aromatic rings. The van der Waals surface area contributed by atoms with Crippen molar-refractivity contribution in [3.05, 3.63) is 24.2 Å². The minimum absolute atomic E-state index is 0.0708. The van der Waals surface area contributed by atoms with E-state index in [1.807, 2.05) is 0 Å². The molecule has 11 heteroatoms. The van der Waals surface area contributed by atoms with Crippen molar-refractivity contribution < 1.29 is 33.1 Å². The molecule has 0 bridgehead atoms. The molecule has 1 spiro atoms. The number of rotatable bonds is 7. The molecule has 2 aliphatic heterocycles. The minimum atomic E-state index is -1.01. The Bertz CT molecular complexity index is 891. The van der Waals surface area contributed by atoms with E-state index in [-0.39, 0.29) is 36.0 Å². The number of ether oxygens (including phenoxy) is 1. The third kappa shape index (κ3) is 6.11. The number of methoxy groups -OCH3 is 1. The van der Waals surface area contributed by atoms with Crippen LogP contribution in [-0.4, -0.2) is 85.3 Å². The number of hydrogen-bond donors (Lipinski definition) is 2. The highest BCUT2D eigenvalue weighted by molar-refractivity contribution is 5.94. The van der Waals surface area contributed by atoms with Crippen LogP contribution in [0.15, 0.2) is 22.8 Å². The molecule has 0 aliphatic carbocycles. The summed E-state index contributed by atoms with van der Waals surface area (Å²) in [5.41, 5.74) is -0.0708. The fourth-order valence-electron chi connectivity index (χ4n) is 4.43. The summed E-state index contributed by atoms with van der Waals surface area (Å²) in [5.74, 6) is -1.71. The van der Waals surface area contributed by atoms with E-state index in [9.17, 15) is 24.0 Å². The van der Waals surface area contributed by atoms with Gasteiger partial charge in [-0.3, -0.25) is 19.2 Å². The van der Waals surface area contributed by atoms with Crippen LogP contribution in [0.5, 0.6) is 0 Å². The molecular weight excluding hydrogens is 432 g/mol. The van der Waals surface area contributed by atoms with Crippen LogP contribution in [0, 0.1) is 5.41 Å². The van der Waals surface area contributed by atoms with Crippen LogP contribution >= 0.6 is 0 Å². The zero-order chi connectivity index (χ0) is 24.0. The Kier molecular flexibility index (Phi) is 7.72. The molecule has 1 atom stereocenters. The van der Waals surface area contributed by atoms with Gasteiger partial charge in [-0.15, -0.1) is 0 Å². The van der Waals surface area contributed by atoms with Gasteiger partial charge < -0.3 is 29.6 Å². The lowest BCUT2D eigenvalue weighted by atomic mass is 9.78. The van der Waals surface area contributed by atoms with Crippen LogP contribution in [0.4, 0.5) is 0 Å². The number of furan rings is 1. The first kappa shape index (κ1) is 24.3. The number of carbonyl (C=O) groups is 5. The molecule has 33 heavy (non-hydrogen) atoms. The van der Waals surface area contributed by atoms with Crippen molar-refractivity contribution in [2.24, 2.45) is 5.41 Å². The summed E-state index contributed by atoms with van der Waals surface area (Å²) in [4.78, 5) is 63.8. The average molecular weight is 463 g/mol. The molecule has 2 N–H and O–H groups in total. The number of carbonyl (C=O) groups excluding carboxylic acids is 5. The summed E-state index contributed by atoms with van der Waals surface area (Å²) in [5, 5.41) is 5.03. The molecule has 0 aromatic carbocycles. The zero-order valence-electron chi connectivity index (χ0n) is 18.9. The minimum Gasteiger partial charge on any atom is -0.467 e. The van der Waals surface area contributed by atoms with Crippen LogP contribution in [0.25, 0.3) is 0 Å². The predicted molar refractivity (Wildman–Crippen MR) is 115 cm³/mol. The molecule has 180 valence electrons. The molecule has 0 radical (unpaired) electrons. The topological polar surface area (TPSA) is 138 Å². The Morgan fingerprint density at radius 2 is 1.76 bits per heavy atom. The summed E-state index contributed by atoms with van der Waals surface area (Å²) in [6.45, 7) is 3.40. The highest BCUT2D eigenvalue weighted by Gasteiger charge is 2.43. The van der Waals surface area contributed by atoms with Gasteiger partial charge >= 0.3 is 5.97 Å². The smallest absolute Gasteiger partial charge is 0.328 e. The van der Waals surface area contributed by atoms with Crippen LogP contribution < -0.4 is 10.6 Å². The fourth-order valence-corrected chi connectivity index (χ4v) is 4.43. The second kappa shape index (κ2) is 10.5. The highest BCUT2D eigenvalue weighted by atomic mass is 16.5. The quantitative estimate of drug-likeness (QED) is 0.541.